The first-order chi connectivity index (χ1) is 20.0. The quantitative estimate of drug-likeness (QED) is 0.302. The Hall–Kier alpha value is -4.53. The molecule has 6 rings (SSSR count). The predicted octanol–water partition coefficient (Wildman–Crippen LogP) is 0.814. The molecule has 2 atom stereocenters. The van der Waals surface area contributed by atoms with Crippen molar-refractivity contribution in [1.82, 2.24) is 35.6 Å². The van der Waals surface area contributed by atoms with Crippen molar-refractivity contribution in [2.45, 2.75) is 24.7 Å². The van der Waals surface area contributed by atoms with Gasteiger partial charge in [-0.2, -0.15) is 4.98 Å². The van der Waals surface area contributed by atoms with E-state index >= 15 is 4.39 Å². The van der Waals surface area contributed by atoms with E-state index in [2.05, 4.69) is 57.2 Å². The van der Waals surface area contributed by atoms with E-state index in [1.54, 1.807) is 12.3 Å². The summed E-state index contributed by atoms with van der Waals surface area (Å²) >= 11 is 0. The second kappa shape index (κ2) is 11.5. The average molecular weight is 566 g/mol. The third-order valence-corrected chi connectivity index (χ3v) is 7.49. The fourth-order valence-corrected chi connectivity index (χ4v) is 5.27. The van der Waals surface area contributed by atoms with Crippen molar-refractivity contribution in [1.29, 1.82) is 0 Å². The number of ether oxygens (including phenoxy) is 1. The molecule has 3 amide bonds. The molecule has 216 valence electrons. The zero-order valence-electron chi connectivity index (χ0n) is 22.4. The first-order valence-corrected chi connectivity index (χ1v) is 13.6. The molecule has 0 saturated carbocycles. The minimum absolute atomic E-state index is 0.0417. The highest BCUT2D eigenvalue weighted by molar-refractivity contribution is 5.89. The molecule has 4 N–H and O–H groups in total. The number of piperidine rings is 1. The van der Waals surface area contributed by atoms with Crippen LogP contribution in [0, 0.1) is 0 Å². The van der Waals surface area contributed by atoms with Gasteiger partial charge in [-0.25, -0.2) is 24.1 Å². The van der Waals surface area contributed by atoms with Crippen molar-refractivity contribution in [2.24, 2.45) is 0 Å². The molecule has 3 aliphatic rings. The molecule has 3 fully saturated rings. The molecule has 0 aliphatic carbocycles. The van der Waals surface area contributed by atoms with Crippen molar-refractivity contribution >= 4 is 46.4 Å². The molecule has 0 bridgehead atoms. The largest absolute Gasteiger partial charge is 0.378 e. The predicted molar refractivity (Wildman–Crippen MR) is 151 cm³/mol. The normalized spacial score (nSPS) is 21.3. The fourth-order valence-electron chi connectivity index (χ4n) is 5.27. The Balaban J connectivity index is 1.02. The van der Waals surface area contributed by atoms with Gasteiger partial charge in [0.15, 0.2) is 11.5 Å². The summed E-state index contributed by atoms with van der Waals surface area (Å²) in [4.78, 5) is 51.0. The summed E-state index contributed by atoms with van der Waals surface area (Å²) in [7, 11) is 0. The summed E-state index contributed by atoms with van der Waals surface area (Å²) in [6, 6.07) is 2.43. The molecule has 0 aromatic carbocycles. The number of aromatic amines is 1. The number of anilines is 4. The third-order valence-electron chi connectivity index (χ3n) is 7.49. The van der Waals surface area contributed by atoms with Crippen LogP contribution in [0.4, 0.5) is 32.5 Å². The maximum absolute atomic E-state index is 15.3. The Kier molecular flexibility index (Phi) is 7.50. The Labute approximate surface area is 235 Å². The number of carbonyl (C=O) groups is 2. The van der Waals surface area contributed by atoms with Crippen LogP contribution in [0.2, 0.25) is 0 Å². The molecule has 15 heteroatoms. The summed E-state index contributed by atoms with van der Waals surface area (Å²) in [5.41, 5.74) is 2.10. The van der Waals surface area contributed by atoms with Gasteiger partial charge in [-0.1, -0.05) is 6.58 Å². The first-order valence-electron chi connectivity index (χ1n) is 13.6. The van der Waals surface area contributed by atoms with Crippen LogP contribution in [-0.2, 0) is 9.53 Å². The summed E-state index contributed by atoms with van der Waals surface area (Å²) in [6.45, 7) is 8.01. The summed E-state index contributed by atoms with van der Waals surface area (Å²) in [5, 5.41) is 8.30. The van der Waals surface area contributed by atoms with E-state index in [0.29, 0.717) is 62.2 Å². The minimum atomic E-state index is -1.31. The Bertz CT molecular complexity index is 1420. The topological polar surface area (TPSA) is 157 Å². The molecule has 3 saturated heterocycles. The number of pyridine rings is 1. The molecule has 14 nitrogen and oxygen atoms in total. The van der Waals surface area contributed by atoms with Crippen LogP contribution in [0.25, 0.3) is 11.2 Å². The van der Waals surface area contributed by atoms with E-state index < -0.39 is 18.2 Å². The number of halogens is 1. The number of aromatic nitrogens is 5. The number of urea groups is 1. The number of rotatable bonds is 7. The van der Waals surface area contributed by atoms with Gasteiger partial charge in [0, 0.05) is 50.7 Å². The standard InChI is InChI=1S/C26H32FN11O3/c1-2-21(39)31-16-12-38(13-16)17-3-5-28-20(11-17)33-26(40)32-19-4-6-37(14-18(19)27)25-34-22-23(35-25)29-15-30-24(22)36-7-9-41-10-8-36/h2-3,5,11,15-16,18-19H,1,4,6-10,12-14H2,(H,31,39)(H2,28,32,33,40)(H,29,30,34,35). The molecule has 41 heavy (non-hydrogen) atoms. The number of morpholine rings is 1. The monoisotopic (exact) mass is 565 g/mol. The van der Waals surface area contributed by atoms with Gasteiger partial charge in [-0.15, -0.1) is 0 Å². The Morgan fingerprint density at radius 3 is 2.68 bits per heavy atom. The van der Waals surface area contributed by atoms with E-state index in [1.807, 2.05) is 11.0 Å². The highest BCUT2D eigenvalue weighted by Gasteiger charge is 2.33. The van der Waals surface area contributed by atoms with Crippen molar-refractivity contribution in [3.8, 4) is 0 Å². The van der Waals surface area contributed by atoms with Gasteiger partial charge in [0.05, 0.1) is 31.8 Å². The summed E-state index contributed by atoms with van der Waals surface area (Å²) in [6.07, 6.45) is 3.42. The van der Waals surface area contributed by atoms with Crippen LogP contribution < -0.4 is 30.7 Å². The molecule has 3 aliphatic heterocycles. The van der Waals surface area contributed by atoms with Crippen molar-refractivity contribution < 1.29 is 18.7 Å². The van der Waals surface area contributed by atoms with Crippen LogP contribution in [0.15, 0.2) is 37.3 Å². The van der Waals surface area contributed by atoms with Crippen LogP contribution in [0.3, 0.4) is 0 Å². The van der Waals surface area contributed by atoms with E-state index in [-0.39, 0.29) is 18.5 Å². The number of nitrogens with one attached hydrogen (secondary N) is 4. The summed E-state index contributed by atoms with van der Waals surface area (Å²) < 4.78 is 20.7. The molecular weight excluding hydrogens is 533 g/mol. The molecule has 3 aromatic rings. The van der Waals surface area contributed by atoms with Crippen LogP contribution in [0.1, 0.15) is 6.42 Å². The van der Waals surface area contributed by atoms with Gasteiger partial charge in [0.2, 0.25) is 11.9 Å². The highest BCUT2D eigenvalue weighted by Crippen LogP contribution is 2.27. The van der Waals surface area contributed by atoms with Gasteiger partial charge >= 0.3 is 6.03 Å². The number of hydrogen-bond donors (Lipinski definition) is 4. The number of fused-ring (bicyclic) bond motifs is 1. The molecule has 6 heterocycles. The van der Waals surface area contributed by atoms with Crippen molar-refractivity contribution in [2.75, 3.05) is 72.5 Å². The van der Waals surface area contributed by atoms with E-state index in [9.17, 15) is 9.59 Å². The molecule has 2 unspecified atom stereocenters. The van der Waals surface area contributed by atoms with Gasteiger partial charge in [-0.3, -0.25) is 10.1 Å². The fraction of sp³-hybridized carbons (Fsp3) is 0.462. The third kappa shape index (κ3) is 5.84. The van der Waals surface area contributed by atoms with E-state index in [1.165, 1.54) is 12.4 Å². The SMILES string of the molecule is C=CC(=O)NC1CN(c2ccnc(NC(=O)NC3CCN(c4nc5ncnc(N6CCOCC6)c5[nH]4)CC3F)c2)C1. The Morgan fingerprint density at radius 1 is 1.07 bits per heavy atom. The lowest BCUT2D eigenvalue weighted by molar-refractivity contribution is -0.117. The number of nitrogens with zero attached hydrogens (tertiary/aromatic N) is 7. The molecule has 0 spiro atoms. The van der Waals surface area contributed by atoms with Gasteiger partial charge in [-0.05, 0) is 18.6 Å². The number of imidazole rings is 1. The highest BCUT2D eigenvalue weighted by atomic mass is 19.1. The average Bonchev–Trinajstić information content (AvgIpc) is 3.41. The number of hydrogen-bond acceptors (Lipinski definition) is 10. The number of carbonyl (C=O) groups excluding carboxylic acids is 2. The van der Waals surface area contributed by atoms with Crippen LogP contribution in [-0.4, -0.2) is 108 Å². The smallest absolute Gasteiger partial charge is 0.320 e. The van der Waals surface area contributed by atoms with Crippen LogP contribution in [0.5, 0.6) is 0 Å². The summed E-state index contributed by atoms with van der Waals surface area (Å²) in [5.74, 6) is 1.43. The molecular formula is C26H32FN11O3. The van der Waals surface area contributed by atoms with Gasteiger partial charge in [0.25, 0.3) is 0 Å². The maximum atomic E-state index is 15.3. The van der Waals surface area contributed by atoms with Crippen molar-refractivity contribution in [3.63, 3.8) is 0 Å². The van der Waals surface area contributed by atoms with Crippen molar-refractivity contribution in [3.05, 3.63) is 37.3 Å². The number of H-pyrrole nitrogens is 1. The Morgan fingerprint density at radius 2 is 1.90 bits per heavy atom. The second-order valence-electron chi connectivity index (χ2n) is 10.2. The lowest BCUT2D eigenvalue weighted by Gasteiger charge is -2.41. The van der Waals surface area contributed by atoms with E-state index in [4.69, 9.17) is 4.74 Å². The maximum Gasteiger partial charge on any atom is 0.320 e. The minimum Gasteiger partial charge on any atom is -0.378 e. The number of alkyl halides is 1. The zero-order chi connectivity index (χ0) is 28.3. The molecule has 3 aromatic heterocycles. The number of amides is 3. The second-order valence-corrected chi connectivity index (χ2v) is 10.2. The van der Waals surface area contributed by atoms with Crippen LogP contribution >= 0.6 is 0 Å². The van der Waals surface area contributed by atoms with Gasteiger partial charge in [0.1, 0.15) is 23.8 Å². The van der Waals surface area contributed by atoms with Gasteiger partial charge < -0.3 is 35.1 Å². The lowest BCUT2D eigenvalue weighted by atomic mass is 10.0. The van der Waals surface area contributed by atoms with E-state index in [0.717, 1.165) is 24.6 Å². The zero-order valence-corrected chi connectivity index (χ0v) is 22.4. The molecule has 0 radical (unpaired) electrons. The first kappa shape index (κ1) is 26.7. The lowest BCUT2D eigenvalue weighted by Crippen LogP contribution is -2.59.